The number of halogens is 2. The molecule has 7 heteroatoms. The molecule has 3 heterocycles. The summed E-state index contributed by atoms with van der Waals surface area (Å²) in [5, 5.41) is 4.42. The van der Waals surface area contributed by atoms with Crippen LogP contribution in [-0.2, 0) is 0 Å². The van der Waals surface area contributed by atoms with E-state index in [-0.39, 0.29) is 0 Å². The third-order valence-electron chi connectivity index (χ3n) is 2.92. The Kier molecular flexibility index (Phi) is 3.80. The van der Waals surface area contributed by atoms with Gasteiger partial charge in [0.1, 0.15) is 10.0 Å². The summed E-state index contributed by atoms with van der Waals surface area (Å²) in [4.78, 5) is 15.5. The fourth-order valence-electron chi connectivity index (χ4n) is 1.95. The van der Waals surface area contributed by atoms with E-state index in [1.807, 2.05) is 19.1 Å². The van der Waals surface area contributed by atoms with E-state index in [1.165, 1.54) is 11.3 Å². The van der Waals surface area contributed by atoms with Gasteiger partial charge in [0.2, 0.25) is 0 Å². The van der Waals surface area contributed by atoms with Crippen molar-refractivity contribution in [2.24, 2.45) is 0 Å². The molecule has 0 atom stereocenters. The Morgan fingerprint density at radius 3 is 2.76 bits per heavy atom. The summed E-state index contributed by atoms with van der Waals surface area (Å²) in [7, 11) is 0. The van der Waals surface area contributed by atoms with Crippen LogP contribution in [0.1, 0.15) is 15.9 Å². The number of hydrogen-bond donors (Lipinski definition) is 0. The fraction of sp³-hybridized carbons (Fsp3) is 0.0714. The van der Waals surface area contributed by atoms with Gasteiger partial charge in [0.15, 0.2) is 12.1 Å². The number of hydrogen-bond acceptors (Lipinski definition) is 4. The van der Waals surface area contributed by atoms with Gasteiger partial charge in [0.25, 0.3) is 0 Å². The lowest BCUT2D eigenvalue weighted by atomic mass is 10.2. The van der Waals surface area contributed by atoms with Gasteiger partial charge in [-0.15, -0.1) is 11.3 Å². The number of carbonyl (C=O) groups is 1. The molecule has 0 radical (unpaired) electrons. The van der Waals surface area contributed by atoms with Crippen molar-refractivity contribution < 1.29 is 4.79 Å². The SMILES string of the molecule is Cc1ccnc(-n2cc(C=O)c(-c3cc(Cl)sc3Cl)n2)c1. The lowest BCUT2D eigenvalue weighted by Crippen LogP contribution is -1.98. The molecule has 0 unspecified atom stereocenters. The molecule has 3 aromatic rings. The molecule has 0 saturated carbocycles. The summed E-state index contributed by atoms with van der Waals surface area (Å²) in [5.41, 5.74) is 2.65. The van der Waals surface area contributed by atoms with Crippen LogP contribution in [0, 0.1) is 6.92 Å². The predicted molar refractivity (Wildman–Crippen MR) is 84.8 cm³/mol. The Labute approximate surface area is 135 Å². The zero-order chi connectivity index (χ0) is 15.0. The minimum atomic E-state index is 0.440. The largest absolute Gasteiger partial charge is 0.298 e. The van der Waals surface area contributed by atoms with Gasteiger partial charge in [-0.3, -0.25) is 4.79 Å². The number of thiophene rings is 1. The molecule has 0 bridgehead atoms. The number of nitrogens with zero attached hydrogens (tertiary/aromatic N) is 3. The zero-order valence-corrected chi connectivity index (χ0v) is 13.2. The highest BCUT2D eigenvalue weighted by atomic mass is 35.5. The molecule has 0 fully saturated rings. The van der Waals surface area contributed by atoms with E-state index in [9.17, 15) is 4.79 Å². The summed E-state index contributed by atoms with van der Waals surface area (Å²) in [5.74, 6) is 0.641. The number of carbonyl (C=O) groups excluding carboxylic acids is 1. The van der Waals surface area contributed by atoms with E-state index in [1.54, 1.807) is 23.1 Å². The van der Waals surface area contributed by atoms with Gasteiger partial charge in [0, 0.05) is 18.0 Å². The highest BCUT2D eigenvalue weighted by Crippen LogP contribution is 2.38. The Hall–Kier alpha value is -1.69. The number of aryl methyl sites for hydroxylation is 1. The fourth-order valence-corrected chi connectivity index (χ4v) is 3.41. The van der Waals surface area contributed by atoms with Gasteiger partial charge in [0.05, 0.1) is 9.90 Å². The summed E-state index contributed by atoms with van der Waals surface area (Å²) in [6.07, 6.45) is 4.07. The van der Waals surface area contributed by atoms with Crippen LogP contribution in [0.4, 0.5) is 0 Å². The van der Waals surface area contributed by atoms with Crippen LogP contribution in [0.2, 0.25) is 8.67 Å². The first-order chi connectivity index (χ1) is 10.1. The van der Waals surface area contributed by atoms with Crippen LogP contribution in [0.5, 0.6) is 0 Å². The molecule has 3 rings (SSSR count). The van der Waals surface area contributed by atoms with Gasteiger partial charge in [-0.1, -0.05) is 23.2 Å². The minimum absolute atomic E-state index is 0.440. The highest BCUT2D eigenvalue weighted by molar-refractivity contribution is 7.20. The first-order valence-electron chi connectivity index (χ1n) is 6.01. The van der Waals surface area contributed by atoms with Gasteiger partial charge < -0.3 is 0 Å². The summed E-state index contributed by atoms with van der Waals surface area (Å²) >= 11 is 13.3. The second-order valence-electron chi connectivity index (χ2n) is 4.42. The first-order valence-corrected chi connectivity index (χ1v) is 7.59. The molecule has 4 nitrogen and oxygen atoms in total. The predicted octanol–water partition coefficient (Wildman–Crippen LogP) is 4.42. The molecule has 0 N–H and O–H groups in total. The second-order valence-corrected chi connectivity index (χ2v) is 6.71. The minimum Gasteiger partial charge on any atom is -0.298 e. The summed E-state index contributed by atoms with van der Waals surface area (Å²) < 4.78 is 2.62. The third-order valence-corrected chi connectivity index (χ3v) is 4.40. The highest BCUT2D eigenvalue weighted by Gasteiger charge is 2.17. The van der Waals surface area contributed by atoms with Crippen molar-refractivity contribution in [1.82, 2.24) is 14.8 Å². The van der Waals surface area contributed by atoms with E-state index in [0.717, 1.165) is 11.8 Å². The van der Waals surface area contributed by atoms with Crippen molar-refractivity contribution in [3.05, 3.63) is 50.4 Å². The molecule has 106 valence electrons. The molecule has 0 spiro atoms. The van der Waals surface area contributed by atoms with Gasteiger partial charge in [-0.25, -0.2) is 9.67 Å². The van der Waals surface area contributed by atoms with Gasteiger partial charge in [-0.05, 0) is 30.7 Å². The third kappa shape index (κ3) is 2.72. The molecular weight excluding hydrogens is 329 g/mol. The lowest BCUT2D eigenvalue weighted by molar-refractivity contribution is 0.112. The van der Waals surface area contributed by atoms with E-state index in [2.05, 4.69) is 10.1 Å². The number of aromatic nitrogens is 3. The molecule has 0 amide bonds. The Balaban J connectivity index is 2.15. The van der Waals surface area contributed by atoms with Crippen molar-refractivity contribution >= 4 is 40.8 Å². The molecule has 0 aliphatic rings. The van der Waals surface area contributed by atoms with E-state index in [0.29, 0.717) is 31.3 Å². The van der Waals surface area contributed by atoms with Crippen molar-refractivity contribution in [1.29, 1.82) is 0 Å². The average Bonchev–Trinajstić information content (AvgIpc) is 3.01. The molecule has 21 heavy (non-hydrogen) atoms. The molecular formula is C14H9Cl2N3OS. The number of rotatable bonds is 3. The summed E-state index contributed by atoms with van der Waals surface area (Å²) in [6, 6.07) is 5.48. The average molecular weight is 338 g/mol. The maximum Gasteiger partial charge on any atom is 0.153 e. The molecule has 0 aliphatic heterocycles. The van der Waals surface area contributed by atoms with Crippen LogP contribution < -0.4 is 0 Å². The molecule has 3 aromatic heterocycles. The van der Waals surface area contributed by atoms with E-state index < -0.39 is 0 Å². The molecule has 0 saturated heterocycles. The standard InChI is InChI=1S/C14H9Cl2N3OS/c1-8-2-3-17-12(4-8)19-6-9(7-20)13(18-19)10-5-11(15)21-14(10)16/h2-7H,1H3. The maximum atomic E-state index is 11.3. The van der Waals surface area contributed by atoms with Crippen LogP contribution in [0.25, 0.3) is 17.1 Å². The van der Waals surface area contributed by atoms with Gasteiger partial charge in [-0.2, -0.15) is 5.10 Å². The molecule has 0 aromatic carbocycles. The van der Waals surface area contributed by atoms with Crippen molar-refractivity contribution in [2.75, 3.05) is 0 Å². The van der Waals surface area contributed by atoms with Crippen LogP contribution >= 0.6 is 34.5 Å². The van der Waals surface area contributed by atoms with Crippen LogP contribution in [-0.4, -0.2) is 21.1 Å². The number of pyridine rings is 1. The zero-order valence-electron chi connectivity index (χ0n) is 10.9. The Morgan fingerprint density at radius 2 is 2.14 bits per heavy atom. The van der Waals surface area contributed by atoms with E-state index >= 15 is 0 Å². The Bertz CT molecular complexity index is 825. The monoisotopic (exact) mass is 337 g/mol. The second kappa shape index (κ2) is 5.60. The van der Waals surface area contributed by atoms with Crippen molar-refractivity contribution in [3.63, 3.8) is 0 Å². The smallest absolute Gasteiger partial charge is 0.153 e. The lowest BCUT2D eigenvalue weighted by Gasteiger charge is -2.00. The first kappa shape index (κ1) is 14.3. The topological polar surface area (TPSA) is 47.8 Å². The van der Waals surface area contributed by atoms with E-state index in [4.69, 9.17) is 23.2 Å². The quantitative estimate of drug-likeness (QED) is 0.664. The van der Waals surface area contributed by atoms with Crippen molar-refractivity contribution in [2.45, 2.75) is 6.92 Å². The number of aldehydes is 1. The summed E-state index contributed by atoms with van der Waals surface area (Å²) in [6.45, 7) is 1.96. The van der Waals surface area contributed by atoms with Crippen molar-refractivity contribution in [3.8, 4) is 17.1 Å². The van der Waals surface area contributed by atoms with Crippen LogP contribution in [0.15, 0.2) is 30.6 Å². The van der Waals surface area contributed by atoms with Crippen LogP contribution in [0.3, 0.4) is 0 Å². The van der Waals surface area contributed by atoms with Gasteiger partial charge >= 0.3 is 0 Å². The maximum absolute atomic E-state index is 11.3. The normalized spacial score (nSPS) is 10.8. The Morgan fingerprint density at radius 1 is 1.33 bits per heavy atom. The molecule has 0 aliphatic carbocycles.